The predicted molar refractivity (Wildman–Crippen MR) is 58.6 cm³/mol. The Labute approximate surface area is 94.7 Å². The lowest BCUT2D eigenvalue weighted by atomic mass is 9.82. The third-order valence-electron chi connectivity index (χ3n) is 3.29. The zero-order valence-electron chi connectivity index (χ0n) is 9.69. The third kappa shape index (κ3) is 2.10. The summed E-state index contributed by atoms with van der Waals surface area (Å²) >= 11 is 0. The van der Waals surface area contributed by atoms with E-state index in [1.807, 2.05) is 0 Å². The average molecular weight is 223 g/mol. The molecule has 0 spiro atoms. The van der Waals surface area contributed by atoms with E-state index in [0.29, 0.717) is 23.4 Å². The van der Waals surface area contributed by atoms with E-state index in [0.717, 1.165) is 12.8 Å². The first-order chi connectivity index (χ1) is 7.58. The van der Waals surface area contributed by atoms with Crippen LogP contribution in [-0.2, 0) is 0 Å². The molecule has 2 rings (SSSR count). The normalized spacial score (nSPS) is 25.6. The molecular formula is C12H17NO3. The van der Waals surface area contributed by atoms with E-state index >= 15 is 0 Å². The van der Waals surface area contributed by atoms with Crippen LogP contribution in [0, 0.1) is 12.8 Å². The fraction of sp³-hybridized carbons (Fsp3) is 0.667. The summed E-state index contributed by atoms with van der Waals surface area (Å²) in [6, 6.07) is 0. The summed E-state index contributed by atoms with van der Waals surface area (Å²) in [6.07, 6.45) is 4.54. The van der Waals surface area contributed by atoms with Crippen molar-refractivity contribution < 1.29 is 14.3 Å². The molecule has 0 aromatic carbocycles. The molecule has 0 bridgehead atoms. The molecular weight excluding hydrogens is 206 g/mol. The molecule has 1 aliphatic carbocycles. The number of carboxylic acids is 1. The highest BCUT2D eigenvalue weighted by molar-refractivity contribution is 5.85. The summed E-state index contributed by atoms with van der Waals surface area (Å²) in [5.41, 5.74) is 0.487. The predicted octanol–water partition coefficient (Wildman–Crippen LogP) is 2.97. The first-order valence-corrected chi connectivity index (χ1v) is 5.78. The second-order valence-corrected chi connectivity index (χ2v) is 4.74. The van der Waals surface area contributed by atoms with Crippen LogP contribution in [0.4, 0.5) is 0 Å². The maximum atomic E-state index is 10.8. The van der Waals surface area contributed by atoms with Crippen molar-refractivity contribution >= 4 is 5.97 Å². The van der Waals surface area contributed by atoms with Crippen LogP contribution in [0.3, 0.4) is 0 Å². The van der Waals surface area contributed by atoms with Crippen LogP contribution in [0.25, 0.3) is 0 Å². The summed E-state index contributed by atoms with van der Waals surface area (Å²) in [5.74, 6) is 0.560. The quantitative estimate of drug-likeness (QED) is 0.837. The van der Waals surface area contributed by atoms with Gasteiger partial charge in [0.25, 0.3) is 0 Å². The van der Waals surface area contributed by atoms with E-state index < -0.39 is 5.97 Å². The highest BCUT2D eigenvalue weighted by atomic mass is 16.4. The van der Waals surface area contributed by atoms with Crippen molar-refractivity contribution in [2.75, 3.05) is 0 Å². The van der Waals surface area contributed by atoms with Crippen LogP contribution in [0.5, 0.6) is 0 Å². The molecule has 0 radical (unpaired) electrons. The first kappa shape index (κ1) is 11.2. The van der Waals surface area contributed by atoms with Gasteiger partial charge in [-0.1, -0.05) is 19.8 Å². The smallest absolute Gasteiger partial charge is 0.373 e. The van der Waals surface area contributed by atoms with Crippen molar-refractivity contribution in [2.45, 2.75) is 45.4 Å². The number of hydrogen-bond acceptors (Lipinski definition) is 3. The number of carboxylic acid groups (broad SMARTS) is 1. The Hall–Kier alpha value is -1.32. The molecule has 0 amide bonds. The summed E-state index contributed by atoms with van der Waals surface area (Å²) in [5, 5.41) is 8.90. The molecule has 0 aliphatic heterocycles. The van der Waals surface area contributed by atoms with E-state index in [-0.39, 0.29) is 5.76 Å². The number of hydrogen-bond donors (Lipinski definition) is 1. The number of oxazole rings is 1. The lowest BCUT2D eigenvalue weighted by Gasteiger charge is -2.24. The topological polar surface area (TPSA) is 63.3 Å². The first-order valence-electron chi connectivity index (χ1n) is 5.78. The number of carbonyl (C=O) groups is 1. The summed E-state index contributed by atoms with van der Waals surface area (Å²) in [7, 11) is 0. The summed E-state index contributed by atoms with van der Waals surface area (Å²) in [6.45, 7) is 3.91. The second-order valence-electron chi connectivity index (χ2n) is 4.74. The molecule has 4 heteroatoms. The van der Waals surface area contributed by atoms with Crippen molar-refractivity contribution in [1.82, 2.24) is 4.98 Å². The number of nitrogens with zero attached hydrogens (tertiary/aromatic N) is 1. The van der Waals surface area contributed by atoms with Gasteiger partial charge in [-0.25, -0.2) is 9.78 Å². The van der Waals surface area contributed by atoms with E-state index in [1.165, 1.54) is 12.8 Å². The molecule has 0 saturated heterocycles. The van der Waals surface area contributed by atoms with Crippen LogP contribution in [-0.4, -0.2) is 16.1 Å². The van der Waals surface area contributed by atoms with Gasteiger partial charge in [-0.15, -0.1) is 0 Å². The van der Waals surface area contributed by atoms with Gasteiger partial charge in [0.05, 0.1) is 5.69 Å². The standard InChI is InChI=1S/C12H17NO3/c1-7-4-3-5-9(6-7)11-13-8(2)10(16-11)12(14)15/h7,9H,3-6H2,1-2H3,(H,14,15). The van der Waals surface area contributed by atoms with E-state index in [4.69, 9.17) is 9.52 Å². The maximum absolute atomic E-state index is 10.8. The molecule has 1 saturated carbocycles. The molecule has 1 aliphatic rings. The van der Waals surface area contributed by atoms with Gasteiger partial charge in [-0.3, -0.25) is 0 Å². The Morgan fingerprint density at radius 3 is 2.81 bits per heavy atom. The molecule has 1 N–H and O–H groups in total. The lowest BCUT2D eigenvalue weighted by Crippen LogP contribution is -2.11. The molecule has 88 valence electrons. The zero-order valence-corrected chi connectivity index (χ0v) is 9.69. The largest absolute Gasteiger partial charge is 0.475 e. The number of aromatic carboxylic acids is 1. The van der Waals surface area contributed by atoms with E-state index in [9.17, 15) is 4.79 Å². The summed E-state index contributed by atoms with van der Waals surface area (Å²) < 4.78 is 5.35. The lowest BCUT2D eigenvalue weighted by molar-refractivity contribution is 0.0657. The minimum Gasteiger partial charge on any atom is -0.475 e. The molecule has 2 unspecified atom stereocenters. The molecule has 2 atom stereocenters. The van der Waals surface area contributed by atoms with E-state index in [2.05, 4.69) is 11.9 Å². The maximum Gasteiger partial charge on any atom is 0.373 e. The second kappa shape index (κ2) is 4.28. The third-order valence-corrected chi connectivity index (χ3v) is 3.29. The zero-order chi connectivity index (χ0) is 11.7. The Morgan fingerprint density at radius 1 is 1.50 bits per heavy atom. The van der Waals surface area contributed by atoms with Gasteiger partial charge in [0.1, 0.15) is 0 Å². The molecule has 1 fully saturated rings. The molecule has 4 nitrogen and oxygen atoms in total. The minimum atomic E-state index is -1.03. The molecule has 1 aromatic rings. The number of rotatable bonds is 2. The Kier molecular flexibility index (Phi) is 2.99. The van der Waals surface area contributed by atoms with Gasteiger partial charge >= 0.3 is 5.97 Å². The molecule has 16 heavy (non-hydrogen) atoms. The Morgan fingerprint density at radius 2 is 2.25 bits per heavy atom. The van der Waals surface area contributed by atoms with Crippen molar-refractivity contribution in [2.24, 2.45) is 5.92 Å². The van der Waals surface area contributed by atoms with Gasteiger partial charge < -0.3 is 9.52 Å². The monoisotopic (exact) mass is 223 g/mol. The van der Waals surface area contributed by atoms with Crippen molar-refractivity contribution in [3.05, 3.63) is 17.3 Å². The fourth-order valence-corrected chi connectivity index (χ4v) is 2.45. The van der Waals surface area contributed by atoms with Crippen LogP contribution in [0.2, 0.25) is 0 Å². The van der Waals surface area contributed by atoms with E-state index in [1.54, 1.807) is 6.92 Å². The number of aromatic nitrogens is 1. The summed E-state index contributed by atoms with van der Waals surface area (Å²) in [4.78, 5) is 15.1. The van der Waals surface area contributed by atoms with Crippen LogP contribution < -0.4 is 0 Å². The SMILES string of the molecule is Cc1nc(C2CCCC(C)C2)oc1C(=O)O. The number of aryl methyl sites for hydroxylation is 1. The Balaban J connectivity index is 2.20. The van der Waals surface area contributed by atoms with Crippen LogP contribution in [0.1, 0.15) is 60.7 Å². The fourth-order valence-electron chi connectivity index (χ4n) is 2.45. The van der Waals surface area contributed by atoms with Crippen molar-refractivity contribution in [3.63, 3.8) is 0 Å². The highest BCUT2D eigenvalue weighted by Crippen LogP contribution is 2.36. The molecule has 1 heterocycles. The van der Waals surface area contributed by atoms with Gasteiger partial charge in [-0.05, 0) is 25.7 Å². The van der Waals surface area contributed by atoms with Crippen molar-refractivity contribution in [3.8, 4) is 0 Å². The van der Waals surface area contributed by atoms with Crippen LogP contribution in [0.15, 0.2) is 4.42 Å². The van der Waals surface area contributed by atoms with Crippen LogP contribution >= 0.6 is 0 Å². The van der Waals surface area contributed by atoms with Gasteiger partial charge in [-0.2, -0.15) is 0 Å². The Bertz CT molecular complexity index is 397. The highest BCUT2D eigenvalue weighted by Gasteiger charge is 2.26. The molecule has 1 aromatic heterocycles. The van der Waals surface area contributed by atoms with Gasteiger partial charge in [0.2, 0.25) is 5.76 Å². The van der Waals surface area contributed by atoms with Crippen molar-refractivity contribution in [1.29, 1.82) is 0 Å². The van der Waals surface area contributed by atoms with Gasteiger partial charge in [0.15, 0.2) is 5.89 Å². The van der Waals surface area contributed by atoms with Gasteiger partial charge in [0, 0.05) is 5.92 Å². The minimum absolute atomic E-state index is 0.00627. The average Bonchev–Trinajstić information content (AvgIpc) is 2.60.